The second-order valence-electron chi connectivity index (χ2n) is 5.26. The van der Waals surface area contributed by atoms with E-state index in [2.05, 4.69) is 5.32 Å². The van der Waals surface area contributed by atoms with Crippen LogP contribution in [0.15, 0.2) is 40.3 Å². The molecule has 0 radical (unpaired) electrons. The average molecular weight is 363 g/mol. The minimum Gasteiger partial charge on any atom is -0.457 e. The number of carbonyl (C=O) groups excluding carboxylic acids is 1. The van der Waals surface area contributed by atoms with Crippen molar-refractivity contribution in [2.45, 2.75) is 26.3 Å². The lowest BCUT2D eigenvalue weighted by Gasteiger charge is -2.10. The quantitative estimate of drug-likeness (QED) is 0.595. The van der Waals surface area contributed by atoms with Gasteiger partial charge in [0.25, 0.3) is 5.91 Å². The van der Waals surface area contributed by atoms with Gasteiger partial charge in [-0.1, -0.05) is 36.2 Å². The first kappa shape index (κ1) is 18.1. The topological polar surface area (TPSA) is 66.0 Å². The Morgan fingerprint density at radius 2 is 2.12 bits per heavy atom. The van der Waals surface area contributed by atoms with Gasteiger partial charge in [-0.3, -0.25) is 4.79 Å². The third-order valence-electron chi connectivity index (χ3n) is 3.49. The van der Waals surface area contributed by atoms with Crippen molar-refractivity contribution in [1.29, 1.82) is 5.26 Å². The molecular weight excluding hydrogens is 347 g/mol. The van der Waals surface area contributed by atoms with Crippen LogP contribution in [0.1, 0.15) is 26.0 Å². The van der Waals surface area contributed by atoms with E-state index in [1.165, 1.54) is 6.08 Å². The van der Waals surface area contributed by atoms with Gasteiger partial charge in [0.2, 0.25) is 0 Å². The van der Waals surface area contributed by atoms with Crippen LogP contribution in [0.3, 0.4) is 0 Å². The molecule has 1 heterocycles. The number of nitrogens with zero attached hydrogens (tertiary/aromatic N) is 1. The van der Waals surface area contributed by atoms with E-state index in [1.54, 1.807) is 30.3 Å². The molecule has 0 saturated carbocycles. The maximum Gasteiger partial charge on any atom is 0.262 e. The van der Waals surface area contributed by atoms with Gasteiger partial charge < -0.3 is 9.73 Å². The summed E-state index contributed by atoms with van der Waals surface area (Å²) in [6.45, 7) is 3.83. The number of halogens is 2. The zero-order valence-corrected chi connectivity index (χ0v) is 14.8. The molecule has 1 N–H and O–H groups in total. The molecule has 0 fully saturated rings. The number of nitrogens with one attached hydrogen (secondary N) is 1. The summed E-state index contributed by atoms with van der Waals surface area (Å²) in [5.74, 6) is 0.468. The molecule has 0 spiro atoms. The van der Waals surface area contributed by atoms with Crippen molar-refractivity contribution in [3.63, 3.8) is 0 Å². The van der Waals surface area contributed by atoms with E-state index < -0.39 is 5.91 Å². The van der Waals surface area contributed by atoms with E-state index in [-0.39, 0.29) is 11.6 Å². The van der Waals surface area contributed by atoms with Gasteiger partial charge in [-0.05, 0) is 37.6 Å². The van der Waals surface area contributed by atoms with Crippen LogP contribution < -0.4 is 5.32 Å². The number of hydrogen-bond acceptors (Lipinski definition) is 3. The molecule has 1 aromatic heterocycles. The van der Waals surface area contributed by atoms with Gasteiger partial charge in [0.15, 0.2) is 0 Å². The minimum atomic E-state index is -0.425. The monoisotopic (exact) mass is 362 g/mol. The van der Waals surface area contributed by atoms with Gasteiger partial charge in [-0.2, -0.15) is 5.26 Å². The Morgan fingerprint density at radius 1 is 1.38 bits per heavy atom. The Morgan fingerprint density at radius 3 is 2.79 bits per heavy atom. The van der Waals surface area contributed by atoms with Crippen LogP contribution >= 0.6 is 23.2 Å². The number of nitriles is 1. The fourth-order valence-electron chi connectivity index (χ4n) is 1.96. The molecule has 1 amide bonds. The normalized spacial score (nSPS) is 12.5. The molecule has 24 heavy (non-hydrogen) atoms. The van der Waals surface area contributed by atoms with Crippen molar-refractivity contribution in [2.24, 2.45) is 0 Å². The summed E-state index contributed by atoms with van der Waals surface area (Å²) < 4.78 is 5.67. The molecule has 0 aliphatic rings. The standard InChI is InChI=1S/C18H16Cl2N2O2/c1-3-11(2)22-18(23)12(10-21)9-13-7-8-16(24-13)14-5-4-6-15(19)17(14)20/h4-9,11H,3H2,1-2H3,(H,22,23)/b12-9+/t11-/m0/s1. The van der Waals surface area contributed by atoms with E-state index >= 15 is 0 Å². The molecule has 1 atom stereocenters. The van der Waals surface area contributed by atoms with Crippen molar-refractivity contribution >= 4 is 35.2 Å². The Hall–Kier alpha value is -2.22. The fraction of sp³-hybridized carbons (Fsp3) is 0.222. The van der Waals surface area contributed by atoms with Crippen LogP contribution in [0.2, 0.25) is 10.0 Å². The third kappa shape index (κ3) is 4.19. The summed E-state index contributed by atoms with van der Waals surface area (Å²) in [5, 5.41) is 12.7. The number of furan rings is 1. The Labute approximate surface area is 150 Å². The van der Waals surface area contributed by atoms with E-state index in [0.29, 0.717) is 27.1 Å². The van der Waals surface area contributed by atoms with Crippen LogP contribution in [0, 0.1) is 11.3 Å². The molecule has 1 aromatic carbocycles. The average Bonchev–Trinajstić information content (AvgIpc) is 3.03. The number of benzene rings is 1. The van der Waals surface area contributed by atoms with Crippen molar-refractivity contribution in [3.8, 4) is 17.4 Å². The van der Waals surface area contributed by atoms with Crippen LogP contribution in [0.4, 0.5) is 0 Å². The van der Waals surface area contributed by atoms with Crippen LogP contribution in [-0.4, -0.2) is 11.9 Å². The maximum absolute atomic E-state index is 12.0. The zero-order chi connectivity index (χ0) is 17.7. The largest absolute Gasteiger partial charge is 0.457 e. The second-order valence-corrected chi connectivity index (χ2v) is 6.04. The molecule has 4 nitrogen and oxygen atoms in total. The van der Waals surface area contributed by atoms with Gasteiger partial charge in [-0.25, -0.2) is 0 Å². The molecular formula is C18H16Cl2N2O2. The summed E-state index contributed by atoms with van der Waals surface area (Å²) >= 11 is 12.2. The van der Waals surface area contributed by atoms with Crippen molar-refractivity contribution in [1.82, 2.24) is 5.32 Å². The van der Waals surface area contributed by atoms with Crippen molar-refractivity contribution in [3.05, 3.63) is 51.7 Å². The Kier molecular flexibility index (Phi) is 6.08. The highest BCUT2D eigenvalue weighted by atomic mass is 35.5. The van der Waals surface area contributed by atoms with Gasteiger partial charge in [-0.15, -0.1) is 0 Å². The molecule has 0 bridgehead atoms. The van der Waals surface area contributed by atoms with Gasteiger partial charge in [0.1, 0.15) is 23.2 Å². The van der Waals surface area contributed by atoms with Crippen LogP contribution in [0.25, 0.3) is 17.4 Å². The first-order chi connectivity index (χ1) is 11.5. The highest BCUT2D eigenvalue weighted by molar-refractivity contribution is 6.43. The molecule has 6 heteroatoms. The summed E-state index contributed by atoms with van der Waals surface area (Å²) in [4.78, 5) is 12.0. The first-order valence-corrected chi connectivity index (χ1v) is 8.18. The Bertz CT molecular complexity index is 819. The summed E-state index contributed by atoms with van der Waals surface area (Å²) in [6.07, 6.45) is 2.18. The van der Waals surface area contributed by atoms with Gasteiger partial charge in [0.05, 0.1) is 10.0 Å². The zero-order valence-electron chi connectivity index (χ0n) is 13.3. The van der Waals surface area contributed by atoms with Gasteiger partial charge >= 0.3 is 0 Å². The molecule has 0 aliphatic heterocycles. The highest BCUT2D eigenvalue weighted by Gasteiger charge is 2.14. The van der Waals surface area contributed by atoms with Crippen molar-refractivity contribution in [2.75, 3.05) is 0 Å². The smallest absolute Gasteiger partial charge is 0.262 e. The molecule has 124 valence electrons. The lowest BCUT2D eigenvalue weighted by molar-refractivity contribution is -0.117. The van der Waals surface area contributed by atoms with E-state index in [1.807, 2.05) is 19.9 Å². The molecule has 0 saturated heterocycles. The fourth-order valence-corrected chi connectivity index (χ4v) is 2.36. The first-order valence-electron chi connectivity index (χ1n) is 7.43. The molecule has 0 aliphatic carbocycles. The Balaban J connectivity index is 2.28. The minimum absolute atomic E-state index is 0.00770. The number of rotatable bonds is 5. The molecule has 2 rings (SSSR count). The number of carbonyl (C=O) groups is 1. The molecule has 2 aromatic rings. The summed E-state index contributed by atoms with van der Waals surface area (Å²) in [5.41, 5.74) is 0.625. The second kappa shape index (κ2) is 8.05. The summed E-state index contributed by atoms with van der Waals surface area (Å²) in [6, 6.07) is 10.5. The lowest BCUT2D eigenvalue weighted by Crippen LogP contribution is -2.32. The molecule has 0 unspecified atom stereocenters. The number of hydrogen-bond donors (Lipinski definition) is 1. The SMILES string of the molecule is CC[C@H](C)NC(=O)/C(C#N)=C/c1ccc(-c2cccc(Cl)c2Cl)o1. The van der Waals surface area contributed by atoms with E-state index in [0.717, 1.165) is 6.42 Å². The predicted octanol–water partition coefficient (Wildman–Crippen LogP) is 5.08. The number of amides is 1. The van der Waals surface area contributed by atoms with E-state index in [4.69, 9.17) is 27.6 Å². The highest BCUT2D eigenvalue weighted by Crippen LogP contribution is 2.34. The van der Waals surface area contributed by atoms with Crippen molar-refractivity contribution < 1.29 is 9.21 Å². The third-order valence-corrected chi connectivity index (χ3v) is 4.30. The lowest BCUT2D eigenvalue weighted by atomic mass is 10.2. The van der Waals surface area contributed by atoms with Crippen LogP contribution in [0.5, 0.6) is 0 Å². The van der Waals surface area contributed by atoms with Gasteiger partial charge in [0, 0.05) is 17.7 Å². The van der Waals surface area contributed by atoms with Crippen LogP contribution in [-0.2, 0) is 4.79 Å². The van der Waals surface area contributed by atoms with E-state index in [9.17, 15) is 10.1 Å². The summed E-state index contributed by atoms with van der Waals surface area (Å²) in [7, 11) is 0. The maximum atomic E-state index is 12.0. The predicted molar refractivity (Wildman–Crippen MR) is 95.6 cm³/mol.